The summed E-state index contributed by atoms with van der Waals surface area (Å²) in [6.45, 7) is 5.30. The van der Waals surface area contributed by atoms with Crippen LogP contribution in [0.3, 0.4) is 0 Å². The lowest BCUT2D eigenvalue weighted by Gasteiger charge is -2.40. The van der Waals surface area contributed by atoms with Crippen molar-refractivity contribution in [2.75, 3.05) is 26.3 Å². The quantitative estimate of drug-likeness (QED) is 0.909. The third-order valence-corrected chi connectivity index (χ3v) is 4.91. The lowest BCUT2D eigenvalue weighted by atomic mass is 10.0. The van der Waals surface area contributed by atoms with Crippen molar-refractivity contribution in [2.45, 2.75) is 25.4 Å². The molecule has 1 aromatic carbocycles. The highest BCUT2D eigenvalue weighted by Gasteiger charge is 2.28. The first-order chi connectivity index (χ1) is 9.17. The van der Waals surface area contributed by atoms with E-state index >= 15 is 0 Å². The number of morpholine rings is 1. The van der Waals surface area contributed by atoms with Gasteiger partial charge in [0.05, 0.1) is 18.2 Å². The molecule has 1 saturated heterocycles. The first-order valence-corrected chi connectivity index (χ1v) is 7.83. The molecule has 106 valence electrons. The van der Waals surface area contributed by atoms with Crippen molar-refractivity contribution in [1.29, 1.82) is 0 Å². The SMILES string of the molecule is CCC1COCCN1C(CN)c1ccc(Cl)c(Br)c1. The summed E-state index contributed by atoms with van der Waals surface area (Å²) < 4.78 is 6.49. The van der Waals surface area contributed by atoms with E-state index in [-0.39, 0.29) is 6.04 Å². The molecule has 5 heteroatoms. The van der Waals surface area contributed by atoms with E-state index in [1.807, 2.05) is 6.07 Å². The van der Waals surface area contributed by atoms with Crippen LogP contribution in [0.25, 0.3) is 0 Å². The molecule has 0 radical (unpaired) electrons. The molecule has 0 saturated carbocycles. The van der Waals surface area contributed by atoms with Gasteiger partial charge in [0.15, 0.2) is 0 Å². The van der Waals surface area contributed by atoms with Gasteiger partial charge in [-0.15, -0.1) is 0 Å². The Bertz CT molecular complexity index is 430. The van der Waals surface area contributed by atoms with Crippen LogP contribution in [0.5, 0.6) is 0 Å². The molecule has 1 aliphatic rings. The van der Waals surface area contributed by atoms with Crippen LogP contribution >= 0.6 is 27.5 Å². The van der Waals surface area contributed by atoms with Gasteiger partial charge in [-0.2, -0.15) is 0 Å². The number of nitrogens with two attached hydrogens (primary N) is 1. The van der Waals surface area contributed by atoms with Gasteiger partial charge < -0.3 is 10.5 Å². The fraction of sp³-hybridized carbons (Fsp3) is 0.571. The van der Waals surface area contributed by atoms with Gasteiger partial charge in [0.2, 0.25) is 0 Å². The third kappa shape index (κ3) is 3.50. The Labute approximate surface area is 128 Å². The van der Waals surface area contributed by atoms with E-state index in [0.717, 1.165) is 35.7 Å². The minimum atomic E-state index is 0.224. The van der Waals surface area contributed by atoms with Gasteiger partial charge >= 0.3 is 0 Å². The predicted molar refractivity (Wildman–Crippen MR) is 82.6 cm³/mol. The topological polar surface area (TPSA) is 38.5 Å². The largest absolute Gasteiger partial charge is 0.378 e. The maximum atomic E-state index is 6.06. The zero-order chi connectivity index (χ0) is 13.8. The molecule has 1 heterocycles. The highest BCUT2D eigenvalue weighted by molar-refractivity contribution is 9.10. The van der Waals surface area contributed by atoms with Crippen molar-refractivity contribution in [3.05, 3.63) is 33.3 Å². The Balaban J connectivity index is 2.24. The second-order valence-electron chi connectivity index (χ2n) is 4.80. The number of nitrogens with zero attached hydrogens (tertiary/aromatic N) is 1. The molecule has 1 fully saturated rings. The Hall–Kier alpha value is -0.130. The summed E-state index contributed by atoms with van der Waals surface area (Å²) in [6, 6.07) is 6.72. The Kier molecular flexibility index (Phi) is 5.66. The van der Waals surface area contributed by atoms with Crippen LogP contribution < -0.4 is 5.73 Å². The summed E-state index contributed by atoms with van der Waals surface area (Å²) >= 11 is 9.54. The first-order valence-electron chi connectivity index (χ1n) is 6.65. The van der Waals surface area contributed by atoms with Crippen LogP contribution in [0.15, 0.2) is 22.7 Å². The van der Waals surface area contributed by atoms with E-state index in [0.29, 0.717) is 12.6 Å². The summed E-state index contributed by atoms with van der Waals surface area (Å²) in [5.41, 5.74) is 7.22. The fourth-order valence-corrected chi connectivity index (χ4v) is 3.13. The van der Waals surface area contributed by atoms with Gasteiger partial charge in [-0.05, 0) is 40.0 Å². The second-order valence-corrected chi connectivity index (χ2v) is 6.06. The number of rotatable bonds is 4. The van der Waals surface area contributed by atoms with Crippen molar-refractivity contribution < 1.29 is 4.74 Å². The van der Waals surface area contributed by atoms with Gasteiger partial charge in [0, 0.05) is 29.6 Å². The summed E-state index contributed by atoms with van der Waals surface area (Å²) in [7, 11) is 0. The van der Waals surface area contributed by atoms with Crippen molar-refractivity contribution in [3.8, 4) is 0 Å². The maximum absolute atomic E-state index is 6.06. The zero-order valence-corrected chi connectivity index (χ0v) is 13.5. The molecule has 2 unspecified atom stereocenters. The van der Waals surface area contributed by atoms with Gasteiger partial charge in [0.25, 0.3) is 0 Å². The average Bonchev–Trinajstić information content (AvgIpc) is 2.44. The van der Waals surface area contributed by atoms with Gasteiger partial charge in [-0.1, -0.05) is 24.6 Å². The second kappa shape index (κ2) is 7.04. The molecule has 0 aromatic heterocycles. The number of halogens is 2. The lowest BCUT2D eigenvalue weighted by molar-refractivity contribution is -0.0291. The summed E-state index contributed by atoms with van der Waals surface area (Å²) in [5.74, 6) is 0. The van der Waals surface area contributed by atoms with Gasteiger partial charge in [-0.25, -0.2) is 0 Å². The van der Waals surface area contributed by atoms with Crippen LogP contribution in [0, 0.1) is 0 Å². The highest BCUT2D eigenvalue weighted by Crippen LogP contribution is 2.30. The Morgan fingerprint density at radius 2 is 2.37 bits per heavy atom. The van der Waals surface area contributed by atoms with Gasteiger partial charge in [0.1, 0.15) is 0 Å². The van der Waals surface area contributed by atoms with Crippen LogP contribution in [0.1, 0.15) is 24.9 Å². The third-order valence-electron chi connectivity index (χ3n) is 3.70. The van der Waals surface area contributed by atoms with E-state index in [1.54, 1.807) is 0 Å². The molecule has 0 bridgehead atoms. The lowest BCUT2D eigenvalue weighted by Crippen LogP contribution is -2.48. The Morgan fingerprint density at radius 1 is 1.58 bits per heavy atom. The number of benzene rings is 1. The molecule has 3 nitrogen and oxygen atoms in total. The van der Waals surface area contributed by atoms with E-state index in [2.05, 4.69) is 39.9 Å². The average molecular weight is 348 g/mol. The van der Waals surface area contributed by atoms with E-state index in [9.17, 15) is 0 Å². The molecule has 2 rings (SSSR count). The first kappa shape index (κ1) is 15.3. The molecule has 0 aliphatic carbocycles. The minimum Gasteiger partial charge on any atom is -0.378 e. The molecular formula is C14H20BrClN2O. The molecule has 0 amide bonds. The van der Waals surface area contributed by atoms with Crippen LogP contribution in [-0.4, -0.2) is 37.2 Å². The van der Waals surface area contributed by atoms with E-state index < -0.39 is 0 Å². The van der Waals surface area contributed by atoms with Crippen molar-refractivity contribution in [2.24, 2.45) is 5.73 Å². The molecule has 1 aromatic rings. The normalized spacial score (nSPS) is 22.4. The van der Waals surface area contributed by atoms with Gasteiger partial charge in [-0.3, -0.25) is 4.90 Å². The minimum absolute atomic E-state index is 0.224. The monoisotopic (exact) mass is 346 g/mol. The zero-order valence-electron chi connectivity index (χ0n) is 11.1. The van der Waals surface area contributed by atoms with Crippen molar-refractivity contribution >= 4 is 27.5 Å². The van der Waals surface area contributed by atoms with Crippen LogP contribution in [0.4, 0.5) is 0 Å². The predicted octanol–water partition coefficient (Wildman–Crippen LogP) is 3.21. The molecule has 2 atom stereocenters. The van der Waals surface area contributed by atoms with Crippen LogP contribution in [0.2, 0.25) is 5.02 Å². The number of ether oxygens (including phenoxy) is 1. The maximum Gasteiger partial charge on any atom is 0.0622 e. The Morgan fingerprint density at radius 3 is 3.00 bits per heavy atom. The molecule has 2 N–H and O–H groups in total. The molecule has 1 aliphatic heterocycles. The molecule has 0 spiro atoms. The van der Waals surface area contributed by atoms with Crippen molar-refractivity contribution in [3.63, 3.8) is 0 Å². The molecular weight excluding hydrogens is 328 g/mol. The highest BCUT2D eigenvalue weighted by atomic mass is 79.9. The van der Waals surface area contributed by atoms with E-state index in [4.69, 9.17) is 22.1 Å². The summed E-state index contributed by atoms with van der Waals surface area (Å²) in [5, 5.41) is 0.730. The smallest absolute Gasteiger partial charge is 0.0622 e. The van der Waals surface area contributed by atoms with E-state index in [1.165, 1.54) is 5.56 Å². The molecule has 19 heavy (non-hydrogen) atoms. The standard InChI is InChI=1S/C14H20BrClN2O/c1-2-11-9-19-6-5-18(11)14(8-17)10-3-4-13(16)12(15)7-10/h3-4,7,11,14H,2,5-6,8-9,17H2,1H3. The number of hydrogen-bond donors (Lipinski definition) is 1. The summed E-state index contributed by atoms with van der Waals surface area (Å²) in [4.78, 5) is 2.46. The van der Waals surface area contributed by atoms with Crippen molar-refractivity contribution in [1.82, 2.24) is 4.90 Å². The van der Waals surface area contributed by atoms with Crippen LogP contribution in [-0.2, 0) is 4.74 Å². The summed E-state index contributed by atoms with van der Waals surface area (Å²) in [6.07, 6.45) is 1.07. The number of hydrogen-bond acceptors (Lipinski definition) is 3. The fourth-order valence-electron chi connectivity index (χ4n) is 2.61.